The van der Waals surface area contributed by atoms with Gasteiger partial charge in [-0.1, -0.05) is 36.8 Å². The number of nitrogens with one attached hydrogen (secondary N) is 2. The van der Waals surface area contributed by atoms with Crippen LogP contribution in [0.5, 0.6) is 0 Å². The highest BCUT2D eigenvalue weighted by atomic mass is 16.2. The molecule has 3 aromatic rings. The Morgan fingerprint density at radius 2 is 1.82 bits per heavy atom. The molecule has 7 heteroatoms. The van der Waals surface area contributed by atoms with Crippen LogP contribution in [0.1, 0.15) is 49.0 Å². The molecule has 4 rings (SSSR count). The zero-order valence-corrected chi connectivity index (χ0v) is 20.0. The fraction of sp³-hybridized carbons (Fsp3) is 0.333. The van der Waals surface area contributed by atoms with Crippen LogP contribution < -0.4 is 15.1 Å². The summed E-state index contributed by atoms with van der Waals surface area (Å²) in [6.07, 6.45) is 2.01. The molecule has 0 spiro atoms. The van der Waals surface area contributed by atoms with E-state index in [9.17, 15) is 9.59 Å². The van der Waals surface area contributed by atoms with E-state index >= 15 is 0 Å². The number of aryl methyl sites for hydroxylation is 1. The zero-order chi connectivity index (χ0) is 24.2. The Morgan fingerprint density at radius 1 is 1.12 bits per heavy atom. The lowest BCUT2D eigenvalue weighted by atomic mass is 10.0. The fourth-order valence-electron chi connectivity index (χ4n) is 4.58. The van der Waals surface area contributed by atoms with Gasteiger partial charge in [0.25, 0.3) is 5.91 Å². The highest BCUT2D eigenvalue weighted by Crippen LogP contribution is 2.30. The van der Waals surface area contributed by atoms with Crippen LogP contribution in [-0.4, -0.2) is 41.8 Å². The van der Waals surface area contributed by atoms with Gasteiger partial charge in [0.05, 0.1) is 16.9 Å². The summed E-state index contributed by atoms with van der Waals surface area (Å²) in [5.74, 6) is 0.509. The SMILES string of the molecule is CCC(=O)N(c1ccccc1)C1CCN(c2nc3ccc(C)cc3cc2C(=O)NC(C)=N)CC1. The van der Waals surface area contributed by atoms with E-state index in [-0.39, 0.29) is 23.7 Å². The van der Waals surface area contributed by atoms with E-state index < -0.39 is 0 Å². The quantitative estimate of drug-likeness (QED) is 0.430. The Kier molecular flexibility index (Phi) is 6.91. The van der Waals surface area contributed by atoms with Gasteiger partial charge in [-0.15, -0.1) is 0 Å². The van der Waals surface area contributed by atoms with Crippen LogP contribution in [0.25, 0.3) is 10.9 Å². The van der Waals surface area contributed by atoms with Crippen LogP contribution in [0.2, 0.25) is 0 Å². The molecule has 1 saturated heterocycles. The van der Waals surface area contributed by atoms with Crippen molar-refractivity contribution in [2.45, 2.75) is 46.1 Å². The minimum Gasteiger partial charge on any atom is -0.356 e. The van der Waals surface area contributed by atoms with E-state index in [0.29, 0.717) is 30.9 Å². The van der Waals surface area contributed by atoms with Gasteiger partial charge >= 0.3 is 0 Å². The molecule has 34 heavy (non-hydrogen) atoms. The van der Waals surface area contributed by atoms with Crippen molar-refractivity contribution in [1.29, 1.82) is 5.41 Å². The van der Waals surface area contributed by atoms with Crippen LogP contribution >= 0.6 is 0 Å². The van der Waals surface area contributed by atoms with Gasteiger partial charge < -0.3 is 15.1 Å². The van der Waals surface area contributed by atoms with E-state index in [1.165, 1.54) is 0 Å². The van der Waals surface area contributed by atoms with Crippen LogP contribution in [0.3, 0.4) is 0 Å². The van der Waals surface area contributed by atoms with Crippen molar-refractivity contribution in [3.63, 3.8) is 0 Å². The molecular formula is C27H31N5O2. The molecule has 0 bridgehead atoms. The highest BCUT2D eigenvalue weighted by molar-refractivity contribution is 6.09. The molecular weight excluding hydrogens is 426 g/mol. The fourth-order valence-corrected chi connectivity index (χ4v) is 4.58. The Morgan fingerprint density at radius 3 is 2.47 bits per heavy atom. The summed E-state index contributed by atoms with van der Waals surface area (Å²) in [5, 5.41) is 11.2. The first-order valence-electron chi connectivity index (χ1n) is 11.8. The molecule has 1 fully saturated rings. The van der Waals surface area contributed by atoms with E-state index in [0.717, 1.165) is 35.0 Å². The molecule has 0 saturated carbocycles. The number of carbonyl (C=O) groups is 2. The van der Waals surface area contributed by atoms with Crippen molar-refractivity contribution in [2.24, 2.45) is 0 Å². The summed E-state index contributed by atoms with van der Waals surface area (Å²) < 4.78 is 0. The number of piperidine rings is 1. The molecule has 7 nitrogen and oxygen atoms in total. The van der Waals surface area contributed by atoms with E-state index in [1.807, 2.05) is 73.3 Å². The van der Waals surface area contributed by atoms with Crippen molar-refractivity contribution in [2.75, 3.05) is 22.9 Å². The van der Waals surface area contributed by atoms with Gasteiger partial charge in [-0.05, 0) is 57.0 Å². The molecule has 0 radical (unpaired) electrons. The number of hydrogen-bond donors (Lipinski definition) is 2. The second-order valence-electron chi connectivity index (χ2n) is 8.81. The number of nitrogens with zero attached hydrogens (tertiary/aromatic N) is 3. The largest absolute Gasteiger partial charge is 0.356 e. The second-order valence-corrected chi connectivity index (χ2v) is 8.81. The van der Waals surface area contributed by atoms with Crippen molar-refractivity contribution in [1.82, 2.24) is 10.3 Å². The predicted molar refractivity (Wildman–Crippen MR) is 137 cm³/mol. The van der Waals surface area contributed by atoms with Crippen LogP contribution in [0.15, 0.2) is 54.6 Å². The van der Waals surface area contributed by atoms with Gasteiger partial charge in [0, 0.05) is 36.6 Å². The Bertz CT molecular complexity index is 1220. The third-order valence-corrected chi connectivity index (χ3v) is 6.23. The topological polar surface area (TPSA) is 89.4 Å². The minimum absolute atomic E-state index is 0.0929. The molecule has 0 atom stereocenters. The smallest absolute Gasteiger partial charge is 0.260 e. The van der Waals surface area contributed by atoms with Gasteiger partial charge in [0.1, 0.15) is 5.82 Å². The molecule has 176 valence electrons. The molecule has 0 unspecified atom stereocenters. The normalized spacial score (nSPS) is 14.1. The number of amides is 2. The monoisotopic (exact) mass is 457 g/mol. The van der Waals surface area contributed by atoms with Crippen LogP contribution in [0.4, 0.5) is 11.5 Å². The molecule has 0 aliphatic carbocycles. The van der Waals surface area contributed by atoms with Crippen molar-refractivity contribution in [3.8, 4) is 0 Å². The first-order valence-corrected chi connectivity index (χ1v) is 11.8. The summed E-state index contributed by atoms with van der Waals surface area (Å²) >= 11 is 0. The average molecular weight is 458 g/mol. The molecule has 1 aliphatic heterocycles. The molecule has 1 aliphatic rings. The van der Waals surface area contributed by atoms with Gasteiger partial charge in [-0.2, -0.15) is 0 Å². The third-order valence-electron chi connectivity index (χ3n) is 6.23. The summed E-state index contributed by atoms with van der Waals surface area (Å²) in [4.78, 5) is 34.7. The standard InChI is InChI=1S/C27H31N5O2/c1-4-25(33)32(21-8-6-5-7-9-21)22-12-14-31(15-13-22)26-23(27(34)29-19(3)28)17-20-16-18(2)10-11-24(20)30-26/h5-11,16-17,22H,4,12-15H2,1-3H3,(H2,28,29,34). The maximum absolute atomic E-state index is 13.0. The van der Waals surface area contributed by atoms with Crippen molar-refractivity contribution >= 4 is 40.1 Å². The van der Waals surface area contributed by atoms with Crippen LogP contribution in [0, 0.1) is 12.3 Å². The minimum atomic E-state index is -0.326. The number of aromatic nitrogens is 1. The Hall–Kier alpha value is -3.74. The molecule has 2 aromatic carbocycles. The number of hydrogen-bond acceptors (Lipinski definition) is 5. The first-order chi connectivity index (χ1) is 16.4. The van der Waals surface area contributed by atoms with E-state index in [1.54, 1.807) is 6.92 Å². The van der Waals surface area contributed by atoms with Gasteiger partial charge in [-0.3, -0.25) is 15.0 Å². The summed E-state index contributed by atoms with van der Waals surface area (Å²) in [6, 6.07) is 17.8. The van der Waals surface area contributed by atoms with Crippen LogP contribution in [-0.2, 0) is 4.79 Å². The number of rotatable bonds is 5. The van der Waals surface area contributed by atoms with Crippen molar-refractivity contribution < 1.29 is 9.59 Å². The lowest BCUT2D eigenvalue weighted by molar-refractivity contribution is -0.118. The summed E-state index contributed by atoms with van der Waals surface area (Å²) in [5.41, 5.74) is 3.32. The number of benzene rings is 2. The van der Waals surface area contributed by atoms with Gasteiger partial charge in [0.15, 0.2) is 0 Å². The average Bonchev–Trinajstić information content (AvgIpc) is 2.84. The Labute approximate surface area is 200 Å². The number of pyridine rings is 1. The lowest BCUT2D eigenvalue weighted by Gasteiger charge is -2.39. The lowest BCUT2D eigenvalue weighted by Crippen LogP contribution is -2.48. The molecule has 2 N–H and O–H groups in total. The maximum Gasteiger partial charge on any atom is 0.260 e. The predicted octanol–water partition coefficient (Wildman–Crippen LogP) is 4.68. The van der Waals surface area contributed by atoms with Gasteiger partial charge in [0.2, 0.25) is 5.91 Å². The highest BCUT2D eigenvalue weighted by Gasteiger charge is 2.30. The third kappa shape index (κ3) is 4.93. The number of anilines is 2. The first kappa shape index (κ1) is 23.4. The summed E-state index contributed by atoms with van der Waals surface area (Å²) in [6.45, 7) is 6.81. The number of para-hydroxylation sites is 1. The van der Waals surface area contributed by atoms with E-state index in [4.69, 9.17) is 10.4 Å². The molecule has 2 heterocycles. The molecule has 2 amide bonds. The Balaban J connectivity index is 1.63. The molecule has 1 aromatic heterocycles. The van der Waals surface area contributed by atoms with Crippen molar-refractivity contribution in [3.05, 3.63) is 65.7 Å². The second kappa shape index (κ2) is 10.0. The number of fused-ring (bicyclic) bond motifs is 1. The summed E-state index contributed by atoms with van der Waals surface area (Å²) in [7, 11) is 0. The number of carbonyl (C=O) groups excluding carboxylic acids is 2. The zero-order valence-electron chi connectivity index (χ0n) is 20.0. The van der Waals surface area contributed by atoms with E-state index in [2.05, 4.69) is 10.2 Å². The number of amidine groups is 1. The maximum atomic E-state index is 13.0. The van der Waals surface area contributed by atoms with Gasteiger partial charge in [-0.25, -0.2) is 4.98 Å².